The van der Waals surface area contributed by atoms with Crippen LogP contribution in [0, 0.1) is 10.1 Å². The van der Waals surface area contributed by atoms with E-state index in [0.717, 1.165) is 19.9 Å². The maximum atomic E-state index is 12.9. The van der Waals surface area contributed by atoms with E-state index in [1.165, 1.54) is 0 Å². The largest absolute Gasteiger partial charge is 0.753 e. The molecule has 0 amide bonds. The Morgan fingerprint density at radius 1 is 1.09 bits per heavy atom. The molecule has 0 bridgehead atoms. The van der Waals surface area contributed by atoms with Crippen molar-refractivity contribution < 1.29 is 4.76 Å². The van der Waals surface area contributed by atoms with Gasteiger partial charge in [0.05, 0.1) is 16.0 Å². The van der Waals surface area contributed by atoms with E-state index >= 15 is 0 Å². The molecule has 1 aliphatic heterocycles. The highest BCUT2D eigenvalue weighted by atomic mass is 79.9. The summed E-state index contributed by atoms with van der Waals surface area (Å²) in [5.41, 5.74) is 0.950. The van der Waals surface area contributed by atoms with Crippen molar-refractivity contribution in [3.63, 3.8) is 0 Å². The van der Waals surface area contributed by atoms with Gasteiger partial charge >= 0.3 is 5.66 Å². The van der Waals surface area contributed by atoms with E-state index in [4.69, 9.17) is 0 Å². The predicted molar refractivity (Wildman–Crippen MR) is 89.4 cm³/mol. The van der Waals surface area contributed by atoms with Crippen molar-refractivity contribution in [2.24, 2.45) is 0 Å². The van der Waals surface area contributed by atoms with Gasteiger partial charge in [0, 0.05) is 21.9 Å². The molecule has 3 rings (SSSR count). The highest BCUT2D eigenvalue weighted by Gasteiger charge is 2.54. The van der Waals surface area contributed by atoms with E-state index in [9.17, 15) is 10.1 Å². The lowest BCUT2D eigenvalue weighted by atomic mass is 10.0. The summed E-state index contributed by atoms with van der Waals surface area (Å²) in [7, 11) is 0. The van der Waals surface area contributed by atoms with Gasteiger partial charge in [-0.1, -0.05) is 34.1 Å². The SMILES string of the molecule is CC1=C(c2ccccc2)[N+](=O)[C@](C)(c2ccc(Br)cc2)N1[O-]. The van der Waals surface area contributed by atoms with Gasteiger partial charge in [-0.05, 0) is 43.3 Å². The number of halogens is 1. The maximum absolute atomic E-state index is 12.9. The fourth-order valence-electron chi connectivity index (χ4n) is 2.79. The lowest BCUT2D eigenvalue weighted by Gasteiger charge is -2.35. The number of nitroso groups, excluding NO2 is 1. The first kappa shape index (κ1) is 14.9. The topological polar surface area (TPSA) is 46.4 Å². The van der Waals surface area contributed by atoms with Crippen LogP contribution in [-0.2, 0) is 5.66 Å². The standard InChI is InChI=1S/C17H15BrN2O2/c1-12-16(13-6-4-3-5-7-13)20(22)17(2,19(12)21)14-8-10-15(18)11-9-14/h3-11H,1-2H3/t17-/m1/s1. The molecule has 0 saturated heterocycles. The fourth-order valence-corrected chi connectivity index (χ4v) is 3.06. The van der Waals surface area contributed by atoms with Crippen molar-refractivity contribution in [2.45, 2.75) is 19.5 Å². The summed E-state index contributed by atoms with van der Waals surface area (Å²) < 4.78 is 1.72. The average molecular weight is 359 g/mol. The minimum absolute atomic E-state index is 0.418. The zero-order chi connectivity index (χ0) is 15.9. The molecule has 5 heteroatoms. The first-order valence-corrected chi connectivity index (χ1v) is 7.72. The smallest absolute Gasteiger partial charge is 0.306 e. The molecule has 0 fully saturated rings. The molecule has 2 aromatic carbocycles. The van der Waals surface area contributed by atoms with Crippen LogP contribution in [0.2, 0.25) is 0 Å². The van der Waals surface area contributed by atoms with Crippen LogP contribution in [0.25, 0.3) is 5.70 Å². The van der Waals surface area contributed by atoms with Crippen LogP contribution in [-0.4, -0.2) is 9.82 Å². The summed E-state index contributed by atoms with van der Waals surface area (Å²) in [6.45, 7) is 3.33. The van der Waals surface area contributed by atoms with Crippen molar-refractivity contribution in [3.05, 3.63) is 86.0 Å². The molecule has 0 radical (unpaired) electrons. The second-order valence-electron chi connectivity index (χ2n) is 5.42. The van der Waals surface area contributed by atoms with Gasteiger partial charge in [-0.2, -0.15) is 0 Å². The monoisotopic (exact) mass is 358 g/mol. The summed E-state index contributed by atoms with van der Waals surface area (Å²) in [6.07, 6.45) is 0. The third-order valence-electron chi connectivity index (χ3n) is 4.08. The molecule has 112 valence electrons. The van der Waals surface area contributed by atoms with Gasteiger partial charge in [0.25, 0.3) is 5.70 Å². The Balaban J connectivity index is 2.11. The Morgan fingerprint density at radius 2 is 1.68 bits per heavy atom. The summed E-state index contributed by atoms with van der Waals surface area (Å²) >= 11 is 3.37. The zero-order valence-corrected chi connectivity index (χ0v) is 13.9. The summed E-state index contributed by atoms with van der Waals surface area (Å²) in [6, 6.07) is 16.5. The highest BCUT2D eigenvalue weighted by Crippen LogP contribution is 2.43. The van der Waals surface area contributed by atoms with Crippen LogP contribution >= 0.6 is 15.9 Å². The number of nitrogens with zero attached hydrogens (tertiary/aromatic N) is 2. The normalized spacial score (nSPS) is 21.6. The molecule has 0 saturated carbocycles. The van der Waals surface area contributed by atoms with E-state index in [2.05, 4.69) is 15.9 Å². The molecule has 0 spiro atoms. The van der Waals surface area contributed by atoms with Crippen LogP contribution in [0.4, 0.5) is 0 Å². The quantitative estimate of drug-likeness (QED) is 0.736. The highest BCUT2D eigenvalue weighted by molar-refractivity contribution is 9.10. The fraction of sp³-hybridized carbons (Fsp3) is 0.176. The van der Waals surface area contributed by atoms with Crippen molar-refractivity contribution in [1.82, 2.24) is 5.06 Å². The molecule has 22 heavy (non-hydrogen) atoms. The Bertz CT molecular complexity index is 756. The van der Waals surface area contributed by atoms with Crippen LogP contribution in [0.5, 0.6) is 0 Å². The summed E-state index contributed by atoms with van der Waals surface area (Å²) in [5.74, 6) is 0. The summed E-state index contributed by atoms with van der Waals surface area (Å²) in [4.78, 5) is 12.9. The summed E-state index contributed by atoms with van der Waals surface area (Å²) in [5, 5.41) is 13.5. The Labute approximate surface area is 137 Å². The van der Waals surface area contributed by atoms with Crippen molar-refractivity contribution in [2.75, 3.05) is 0 Å². The second kappa shape index (κ2) is 5.34. The van der Waals surface area contributed by atoms with Gasteiger partial charge in [0.1, 0.15) is 0 Å². The van der Waals surface area contributed by atoms with Crippen LogP contribution in [0.3, 0.4) is 0 Å². The molecule has 0 aromatic heterocycles. The number of hydrogen-bond acceptors (Lipinski definition) is 3. The molecule has 4 nitrogen and oxygen atoms in total. The molecule has 1 atom stereocenters. The third kappa shape index (κ3) is 2.09. The molecule has 0 N–H and O–H groups in total. The van der Waals surface area contributed by atoms with Gasteiger partial charge in [-0.25, -0.2) is 0 Å². The molecule has 0 unspecified atom stereocenters. The number of rotatable bonds is 2. The maximum Gasteiger partial charge on any atom is 0.306 e. The lowest BCUT2D eigenvalue weighted by Crippen LogP contribution is -2.41. The minimum Gasteiger partial charge on any atom is -0.753 e. The van der Waals surface area contributed by atoms with Crippen LogP contribution in [0.1, 0.15) is 25.0 Å². The first-order chi connectivity index (χ1) is 10.5. The van der Waals surface area contributed by atoms with Gasteiger partial charge in [0.2, 0.25) is 0 Å². The number of benzene rings is 2. The van der Waals surface area contributed by atoms with E-state index in [1.54, 1.807) is 26.0 Å². The van der Waals surface area contributed by atoms with Crippen molar-refractivity contribution >= 4 is 21.6 Å². The minimum atomic E-state index is -1.30. The van der Waals surface area contributed by atoms with Gasteiger partial charge in [-0.15, -0.1) is 0 Å². The average Bonchev–Trinajstić information content (AvgIpc) is 2.71. The van der Waals surface area contributed by atoms with Gasteiger partial charge < -0.3 is 10.3 Å². The molecule has 2 aromatic rings. The third-order valence-corrected chi connectivity index (χ3v) is 4.61. The van der Waals surface area contributed by atoms with E-state index in [1.807, 2.05) is 42.5 Å². The van der Waals surface area contributed by atoms with Crippen molar-refractivity contribution in [1.29, 1.82) is 0 Å². The molecule has 1 aliphatic rings. The first-order valence-electron chi connectivity index (χ1n) is 6.93. The molecule has 0 aliphatic carbocycles. The van der Waals surface area contributed by atoms with E-state index in [0.29, 0.717) is 17.0 Å². The lowest BCUT2D eigenvalue weighted by molar-refractivity contribution is -0.565. The molecular formula is C17H15BrN2O2. The van der Waals surface area contributed by atoms with Crippen LogP contribution < -0.4 is 0 Å². The Kier molecular flexibility index (Phi) is 3.62. The Hall–Kier alpha value is -1.98. The predicted octanol–water partition coefficient (Wildman–Crippen LogP) is 4.60. The molecule has 1 heterocycles. The van der Waals surface area contributed by atoms with Gasteiger partial charge in [0.15, 0.2) is 0 Å². The number of hydroxylamine groups is 2. The van der Waals surface area contributed by atoms with Crippen LogP contribution in [0.15, 0.2) is 64.8 Å². The van der Waals surface area contributed by atoms with Gasteiger partial charge in [-0.3, -0.25) is 0 Å². The van der Waals surface area contributed by atoms with E-state index in [-0.39, 0.29) is 0 Å². The number of hydrogen-bond donors (Lipinski definition) is 0. The Morgan fingerprint density at radius 3 is 2.27 bits per heavy atom. The number of allylic oxidation sites excluding steroid dienone is 1. The van der Waals surface area contributed by atoms with E-state index < -0.39 is 5.66 Å². The second-order valence-corrected chi connectivity index (χ2v) is 6.33. The zero-order valence-electron chi connectivity index (χ0n) is 12.3. The van der Waals surface area contributed by atoms with Crippen molar-refractivity contribution in [3.8, 4) is 0 Å². The molecular weight excluding hydrogens is 344 g/mol.